The number of hydrogen-bond donors (Lipinski definition) is 9. The number of Topliss-reactive ketones (excluding diaryl/α,β-unsaturated/α-hetero) is 1. The van der Waals surface area contributed by atoms with Gasteiger partial charge in [-0.15, -0.1) is 0 Å². The lowest BCUT2D eigenvalue weighted by Crippen LogP contribution is -2.54. The van der Waals surface area contributed by atoms with Crippen LogP contribution in [-0.2, 0) is 75.2 Å². The van der Waals surface area contributed by atoms with E-state index in [1.165, 1.54) is 7.11 Å². The van der Waals surface area contributed by atoms with E-state index in [1.807, 2.05) is 38.5 Å². The fourth-order valence-electron chi connectivity index (χ4n) is 10.8. The maximum Gasteiger partial charge on any atom is 0.317 e. The zero-order valence-corrected chi connectivity index (χ0v) is 45.9. The molecule has 27 heteroatoms. The largest absolute Gasteiger partial charge is 0.481 e. The minimum Gasteiger partial charge on any atom is -0.481 e. The molecule has 1 aromatic rings. The molecule has 1 aromatic heterocycles. The number of aryl methyl sites for hydroxylation is 1. The van der Waals surface area contributed by atoms with Crippen molar-refractivity contribution >= 4 is 70.7 Å². The SMILES string of the molecule is CCC(C)C(NC(=O)CCNC(=O)CCNC(=O)C(CCC(=O)O)NC(=O)CN1CCC(CN2CCN(CC(=O)O)CCN(CC(=O)O)CC2)CC1)C(=O)N[C@H]1CCn2ccc3c2C(=C[C@@H](C(=O)N[C@@H]2CC(=O)O[C@@H]2OC)C3)C1=O. The Morgan fingerprint density at radius 1 is 0.700 bits per heavy atom. The average Bonchev–Trinajstić information content (AvgIpc) is 4.01. The number of ether oxygens (including phenoxy) is 2. The summed E-state index contributed by atoms with van der Waals surface area (Å²) in [5.74, 6) is -7.97. The van der Waals surface area contributed by atoms with Crippen LogP contribution in [0.4, 0.5) is 0 Å². The zero-order chi connectivity index (χ0) is 58.0. The van der Waals surface area contributed by atoms with Crippen LogP contribution in [0.15, 0.2) is 18.3 Å². The third-order valence-electron chi connectivity index (χ3n) is 15.5. The number of carboxylic acids is 3. The van der Waals surface area contributed by atoms with E-state index < -0.39 is 102 Å². The molecular weight excluding hydrogens is 1050 g/mol. The summed E-state index contributed by atoms with van der Waals surface area (Å²) in [6.45, 7) is 8.58. The molecule has 0 saturated carbocycles. The smallest absolute Gasteiger partial charge is 0.317 e. The predicted octanol–water partition coefficient (Wildman–Crippen LogP) is -2.40. The van der Waals surface area contributed by atoms with E-state index in [1.54, 1.807) is 13.0 Å². The number of likely N-dealkylation sites (tertiary alicyclic amines) is 1. The molecule has 5 aliphatic rings. The molecule has 4 aliphatic heterocycles. The lowest BCUT2D eigenvalue weighted by Gasteiger charge is -2.35. The summed E-state index contributed by atoms with van der Waals surface area (Å²) in [4.78, 5) is 148. The van der Waals surface area contributed by atoms with E-state index in [-0.39, 0.29) is 88.0 Å². The van der Waals surface area contributed by atoms with Gasteiger partial charge in [-0.05, 0) is 68.7 Å². The number of rotatable bonds is 27. The first-order valence-electron chi connectivity index (χ1n) is 27.6. The molecular formula is C53H79N11O16. The normalized spacial score (nSPS) is 22.5. The Bertz CT molecular complexity index is 2430. The number of carboxylic acid groups (broad SMARTS) is 3. The van der Waals surface area contributed by atoms with Gasteiger partial charge in [0.25, 0.3) is 0 Å². The van der Waals surface area contributed by atoms with Gasteiger partial charge in [0.1, 0.15) is 18.1 Å². The van der Waals surface area contributed by atoms with Gasteiger partial charge in [0.15, 0.2) is 5.78 Å². The van der Waals surface area contributed by atoms with Crippen molar-refractivity contribution in [3.05, 3.63) is 29.6 Å². The van der Waals surface area contributed by atoms with Crippen molar-refractivity contribution in [2.24, 2.45) is 17.8 Å². The average molecular weight is 1130 g/mol. The molecule has 0 spiro atoms. The number of esters is 1. The fourth-order valence-corrected chi connectivity index (χ4v) is 10.8. The summed E-state index contributed by atoms with van der Waals surface area (Å²) < 4.78 is 12.2. The number of amides is 6. The van der Waals surface area contributed by atoms with Gasteiger partial charge < -0.3 is 66.2 Å². The summed E-state index contributed by atoms with van der Waals surface area (Å²) in [5.41, 5.74) is 1.74. The second kappa shape index (κ2) is 30.1. The van der Waals surface area contributed by atoms with Gasteiger partial charge in [-0.2, -0.15) is 0 Å². The lowest BCUT2D eigenvalue weighted by atomic mass is 9.85. The van der Waals surface area contributed by atoms with Crippen molar-refractivity contribution in [3.8, 4) is 0 Å². The van der Waals surface area contributed by atoms with Crippen molar-refractivity contribution in [2.75, 3.05) is 98.7 Å². The number of aliphatic carboxylic acids is 3. The number of nitrogens with one attached hydrogen (secondary N) is 6. The van der Waals surface area contributed by atoms with Gasteiger partial charge in [0.05, 0.1) is 43.7 Å². The van der Waals surface area contributed by atoms with Crippen LogP contribution < -0.4 is 31.9 Å². The van der Waals surface area contributed by atoms with Crippen LogP contribution in [0, 0.1) is 17.8 Å². The molecule has 1 aliphatic carbocycles. The molecule has 3 fully saturated rings. The van der Waals surface area contributed by atoms with E-state index in [0.717, 1.165) is 24.9 Å². The minimum absolute atomic E-state index is 0.0290. The molecule has 3 unspecified atom stereocenters. The van der Waals surface area contributed by atoms with Gasteiger partial charge in [-0.1, -0.05) is 26.3 Å². The fraction of sp³-hybridized carbons (Fsp3) is 0.679. The molecule has 27 nitrogen and oxygen atoms in total. The molecule has 0 aromatic carbocycles. The number of carbonyl (C=O) groups is 11. The molecule has 6 rings (SSSR count). The maximum absolute atomic E-state index is 14.2. The molecule has 3 saturated heterocycles. The van der Waals surface area contributed by atoms with Crippen LogP contribution in [0.3, 0.4) is 0 Å². The van der Waals surface area contributed by atoms with Crippen LogP contribution in [0.25, 0.3) is 5.57 Å². The summed E-state index contributed by atoms with van der Waals surface area (Å²) in [7, 11) is 1.37. The Kier molecular flexibility index (Phi) is 23.5. The van der Waals surface area contributed by atoms with E-state index in [9.17, 15) is 68.1 Å². The monoisotopic (exact) mass is 1130 g/mol. The standard InChI is InChI=1S/C53H79N11O16/c1-4-32(2)47(52(78)57-37-12-18-64-17-11-34-25-35(26-36(48(34)64)49(37)75)50(76)58-39-27-46(74)80-53(39)79-3)59-41(66)8-13-54-40(65)7-14-55-51(77)38(5-6-43(68)69)56-42(67)29-60-15-9-33(10-16-60)28-61-19-21-62(30-44(70)71)23-24-63(22-20-61)31-45(72)73/h11,17,26,32-33,35,37-39,47,53H,4-10,12-16,18-25,27-31H2,1-3H3,(H,54,65)(H,55,77)(H,56,67)(H,57,78)(H,58,76)(H,59,66)(H,68,69)(H,70,71)(H,72,73)/t32?,35-,37-,38?,39+,47?,53-/m0/s1. The highest BCUT2D eigenvalue weighted by Gasteiger charge is 2.41. The number of methoxy groups -OCH3 is 1. The van der Waals surface area contributed by atoms with E-state index in [4.69, 9.17) is 9.47 Å². The second-order valence-electron chi connectivity index (χ2n) is 21.4. The lowest BCUT2D eigenvalue weighted by molar-refractivity contribution is -0.160. The zero-order valence-electron chi connectivity index (χ0n) is 45.9. The molecule has 442 valence electrons. The third kappa shape index (κ3) is 18.6. The Hall–Kier alpha value is -6.81. The highest BCUT2D eigenvalue weighted by atomic mass is 16.7. The van der Waals surface area contributed by atoms with Crippen LogP contribution in [0.2, 0.25) is 0 Å². The summed E-state index contributed by atoms with van der Waals surface area (Å²) in [6.07, 6.45) is 4.01. The van der Waals surface area contributed by atoms with Crippen molar-refractivity contribution in [2.45, 2.75) is 115 Å². The van der Waals surface area contributed by atoms with Crippen LogP contribution in [0.5, 0.6) is 0 Å². The van der Waals surface area contributed by atoms with E-state index >= 15 is 0 Å². The van der Waals surface area contributed by atoms with Crippen molar-refractivity contribution in [3.63, 3.8) is 0 Å². The summed E-state index contributed by atoms with van der Waals surface area (Å²) in [5, 5.41) is 44.4. The number of nitrogens with zero attached hydrogens (tertiary/aromatic N) is 5. The van der Waals surface area contributed by atoms with Crippen molar-refractivity contribution in [1.82, 2.24) is 56.1 Å². The summed E-state index contributed by atoms with van der Waals surface area (Å²) in [6, 6.07) is -2.05. The first-order valence-corrected chi connectivity index (χ1v) is 27.6. The Morgan fingerprint density at radius 3 is 1.95 bits per heavy atom. The highest BCUT2D eigenvalue weighted by Crippen LogP contribution is 2.35. The Balaban J connectivity index is 0.914. The van der Waals surface area contributed by atoms with Crippen LogP contribution >= 0.6 is 0 Å². The van der Waals surface area contributed by atoms with Crippen molar-refractivity contribution < 1.29 is 77.5 Å². The van der Waals surface area contributed by atoms with Gasteiger partial charge in [-0.3, -0.25) is 67.4 Å². The Morgan fingerprint density at radius 2 is 1.32 bits per heavy atom. The second-order valence-corrected chi connectivity index (χ2v) is 21.4. The first-order chi connectivity index (χ1) is 38.2. The van der Waals surface area contributed by atoms with Gasteiger partial charge in [-0.25, -0.2) is 0 Å². The number of aromatic nitrogens is 1. The van der Waals surface area contributed by atoms with Crippen LogP contribution in [-0.4, -0.2) is 234 Å². The molecule has 0 radical (unpaired) electrons. The number of hydrogen-bond acceptors (Lipinski definition) is 17. The van der Waals surface area contributed by atoms with E-state index in [0.29, 0.717) is 77.4 Å². The molecule has 5 heterocycles. The first kappa shape index (κ1) is 62.4. The highest BCUT2D eigenvalue weighted by molar-refractivity contribution is 6.24. The molecule has 9 N–H and O–H groups in total. The number of cyclic esters (lactones) is 1. The van der Waals surface area contributed by atoms with Crippen LogP contribution in [0.1, 0.15) is 82.9 Å². The summed E-state index contributed by atoms with van der Waals surface area (Å²) >= 11 is 0. The molecule has 80 heavy (non-hydrogen) atoms. The number of ketones is 1. The quantitative estimate of drug-likeness (QED) is 0.0415. The van der Waals surface area contributed by atoms with Gasteiger partial charge in [0, 0.05) is 104 Å². The van der Waals surface area contributed by atoms with E-state index in [2.05, 4.69) is 36.8 Å². The molecule has 0 bridgehead atoms. The predicted molar refractivity (Wildman–Crippen MR) is 284 cm³/mol. The van der Waals surface area contributed by atoms with Crippen molar-refractivity contribution in [1.29, 1.82) is 0 Å². The topological polar surface area (TPSA) is 357 Å². The third-order valence-corrected chi connectivity index (χ3v) is 15.5. The molecule has 6 amide bonds. The van der Waals surface area contributed by atoms with Gasteiger partial charge in [0.2, 0.25) is 41.7 Å². The Labute approximate surface area is 464 Å². The number of carbonyl (C=O) groups excluding carboxylic acids is 8. The molecule has 7 atom stereocenters. The number of piperidine rings is 1. The maximum atomic E-state index is 14.2. The van der Waals surface area contributed by atoms with Gasteiger partial charge >= 0.3 is 23.9 Å². The minimum atomic E-state index is -1.19.